The quantitative estimate of drug-likeness (QED) is 0.633. The second-order valence-electron chi connectivity index (χ2n) is 5.44. The van der Waals surface area contributed by atoms with Crippen LogP contribution >= 0.6 is 11.8 Å². The van der Waals surface area contributed by atoms with E-state index in [1.54, 1.807) is 22.0 Å². The summed E-state index contributed by atoms with van der Waals surface area (Å²) < 4.78 is 25.9. The van der Waals surface area contributed by atoms with Gasteiger partial charge in [0.1, 0.15) is 0 Å². The van der Waals surface area contributed by atoms with Crippen LogP contribution in [-0.2, 0) is 4.79 Å². The van der Waals surface area contributed by atoms with Gasteiger partial charge in [0.15, 0.2) is 0 Å². The summed E-state index contributed by atoms with van der Waals surface area (Å²) in [6.45, 7) is 4.29. The van der Waals surface area contributed by atoms with Crippen LogP contribution in [0.3, 0.4) is 0 Å². The first-order chi connectivity index (χ1) is 12.0. The zero-order valence-electron chi connectivity index (χ0n) is 14.4. The van der Waals surface area contributed by atoms with Gasteiger partial charge in [-0.1, -0.05) is 0 Å². The molecule has 25 heavy (non-hydrogen) atoms. The average molecular weight is 368 g/mol. The molecule has 136 valence electrons. The summed E-state index contributed by atoms with van der Waals surface area (Å²) in [7, 11) is 0. The average Bonchev–Trinajstić information content (AvgIpc) is 2.97. The number of aryl methyl sites for hydroxylation is 1. The summed E-state index contributed by atoms with van der Waals surface area (Å²) in [6, 6.07) is 3.71. The number of hydrogen-bond acceptors (Lipinski definition) is 4. The Morgan fingerprint density at radius 3 is 2.84 bits per heavy atom. The Morgan fingerprint density at radius 2 is 2.20 bits per heavy atom. The Bertz CT molecular complexity index is 679. The van der Waals surface area contributed by atoms with Gasteiger partial charge >= 0.3 is 0 Å². The highest BCUT2D eigenvalue weighted by Gasteiger charge is 2.19. The lowest BCUT2D eigenvalue weighted by Crippen LogP contribution is -2.31. The number of rotatable bonds is 9. The molecule has 0 aliphatic rings. The molecule has 2 heterocycles. The van der Waals surface area contributed by atoms with E-state index in [9.17, 15) is 13.6 Å². The fourth-order valence-electron chi connectivity index (χ4n) is 2.39. The maximum Gasteiger partial charge on any atom is 0.239 e. The predicted molar refractivity (Wildman–Crippen MR) is 96.7 cm³/mol. The number of pyridine rings is 1. The number of aromatic nitrogens is 3. The van der Waals surface area contributed by atoms with Gasteiger partial charge in [0.05, 0.1) is 29.5 Å². The molecular formula is C17H22F2N4OS. The van der Waals surface area contributed by atoms with Crippen LogP contribution in [0, 0.1) is 6.92 Å². The molecule has 0 radical (unpaired) electrons. The van der Waals surface area contributed by atoms with E-state index >= 15 is 0 Å². The largest absolute Gasteiger partial charge is 0.310 e. The second kappa shape index (κ2) is 9.50. The molecule has 2 aromatic rings. The molecule has 2 aromatic heterocycles. The highest BCUT2D eigenvalue weighted by atomic mass is 32.2. The minimum Gasteiger partial charge on any atom is -0.310 e. The third-order valence-corrected chi connectivity index (χ3v) is 4.65. The van der Waals surface area contributed by atoms with Crippen LogP contribution in [0.2, 0.25) is 0 Å². The van der Waals surface area contributed by atoms with Crippen molar-refractivity contribution < 1.29 is 13.6 Å². The Morgan fingerprint density at radius 1 is 1.40 bits per heavy atom. The lowest BCUT2D eigenvalue weighted by molar-refractivity contribution is -0.118. The smallest absolute Gasteiger partial charge is 0.239 e. The first kappa shape index (κ1) is 19.4. The van der Waals surface area contributed by atoms with Crippen molar-refractivity contribution >= 4 is 23.4 Å². The highest BCUT2D eigenvalue weighted by Crippen LogP contribution is 2.22. The maximum atomic E-state index is 12.5. The molecule has 0 spiro atoms. The summed E-state index contributed by atoms with van der Waals surface area (Å²) in [5.74, 6) is 0.883. The highest BCUT2D eigenvalue weighted by molar-refractivity contribution is 7.99. The summed E-state index contributed by atoms with van der Waals surface area (Å²) in [5.41, 5.74) is 2.33. The van der Waals surface area contributed by atoms with Gasteiger partial charge in [-0.3, -0.25) is 9.78 Å². The third kappa shape index (κ3) is 5.52. The minimum absolute atomic E-state index is 0.0270. The van der Waals surface area contributed by atoms with E-state index in [0.29, 0.717) is 24.5 Å². The van der Waals surface area contributed by atoms with Crippen LogP contribution in [-0.4, -0.2) is 45.1 Å². The number of hydrogen-bond donors (Lipinski definition) is 0. The predicted octanol–water partition coefficient (Wildman–Crippen LogP) is 3.71. The Balaban J connectivity index is 2.00. The summed E-state index contributed by atoms with van der Waals surface area (Å²) in [6.07, 6.45) is 3.11. The van der Waals surface area contributed by atoms with Gasteiger partial charge in [-0.15, -0.1) is 0 Å². The van der Waals surface area contributed by atoms with Crippen molar-refractivity contribution in [1.82, 2.24) is 14.8 Å². The molecule has 0 bridgehead atoms. The molecule has 0 saturated carbocycles. The molecule has 0 fully saturated rings. The number of halogens is 2. The van der Waals surface area contributed by atoms with Crippen LogP contribution in [0.1, 0.15) is 25.5 Å². The standard InChI is InChI=1S/C17H22F2N4OS/c1-3-22(17(24)7-10-25-9-6-16(18)19)15-12-23(21-13(15)2)14-5-4-8-20-11-14/h4-5,8,11-12,16H,3,6-7,9-10H2,1-2H3. The molecule has 0 atom stereocenters. The monoisotopic (exact) mass is 368 g/mol. The number of thioether (sulfide) groups is 1. The van der Waals surface area contributed by atoms with E-state index in [2.05, 4.69) is 10.1 Å². The van der Waals surface area contributed by atoms with Crippen LogP contribution in [0.15, 0.2) is 30.7 Å². The molecule has 5 nitrogen and oxygen atoms in total. The first-order valence-electron chi connectivity index (χ1n) is 8.15. The lowest BCUT2D eigenvalue weighted by Gasteiger charge is -2.20. The fraction of sp³-hybridized carbons (Fsp3) is 0.471. The normalized spacial score (nSPS) is 11.1. The van der Waals surface area contributed by atoms with Crippen LogP contribution in [0.5, 0.6) is 0 Å². The van der Waals surface area contributed by atoms with E-state index in [1.807, 2.05) is 32.2 Å². The fourth-order valence-corrected chi connectivity index (χ4v) is 3.26. The van der Waals surface area contributed by atoms with Gasteiger partial charge in [-0.25, -0.2) is 13.5 Å². The van der Waals surface area contributed by atoms with Gasteiger partial charge < -0.3 is 4.90 Å². The van der Waals surface area contributed by atoms with Crippen molar-refractivity contribution in [3.63, 3.8) is 0 Å². The van der Waals surface area contributed by atoms with Crippen LogP contribution < -0.4 is 4.90 Å². The lowest BCUT2D eigenvalue weighted by atomic mass is 10.3. The molecule has 0 unspecified atom stereocenters. The number of nitrogens with zero attached hydrogens (tertiary/aromatic N) is 4. The number of anilines is 1. The summed E-state index contributed by atoms with van der Waals surface area (Å²) in [4.78, 5) is 18.2. The van der Waals surface area contributed by atoms with Crippen molar-refractivity contribution in [2.75, 3.05) is 23.0 Å². The maximum absolute atomic E-state index is 12.5. The summed E-state index contributed by atoms with van der Waals surface area (Å²) in [5, 5.41) is 4.46. The number of carbonyl (C=O) groups is 1. The molecule has 2 rings (SSSR count). The molecule has 0 aromatic carbocycles. The van der Waals surface area contributed by atoms with E-state index in [-0.39, 0.29) is 12.3 Å². The molecule has 0 N–H and O–H groups in total. The Labute approximate surface area is 150 Å². The van der Waals surface area contributed by atoms with Crippen molar-refractivity contribution in [2.24, 2.45) is 0 Å². The molecule has 0 saturated heterocycles. The minimum atomic E-state index is -2.28. The van der Waals surface area contributed by atoms with E-state index in [0.717, 1.165) is 17.1 Å². The SMILES string of the molecule is CCN(C(=O)CCSCCC(F)F)c1cn(-c2cccnc2)nc1C. The number of carbonyl (C=O) groups excluding carboxylic acids is 1. The Kier molecular flexibility index (Phi) is 7.36. The third-order valence-electron chi connectivity index (χ3n) is 3.63. The Hall–Kier alpha value is -1.96. The van der Waals surface area contributed by atoms with Gasteiger partial charge in [-0.2, -0.15) is 16.9 Å². The topological polar surface area (TPSA) is 51.0 Å². The second-order valence-corrected chi connectivity index (χ2v) is 6.66. The van der Waals surface area contributed by atoms with Gasteiger partial charge in [0.2, 0.25) is 12.3 Å². The van der Waals surface area contributed by atoms with Gasteiger partial charge in [0.25, 0.3) is 0 Å². The molecule has 8 heteroatoms. The van der Waals surface area contributed by atoms with Crippen molar-refractivity contribution in [3.8, 4) is 5.69 Å². The van der Waals surface area contributed by atoms with E-state index in [4.69, 9.17) is 0 Å². The number of alkyl halides is 2. The van der Waals surface area contributed by atoms with Crippen molar-refractivity contribution in [1.29, 1.82) is 0 Å². The molecule has 0 aliphatic heterocycles. The molecular weight excluding hydrogens is 346 g/mol. The van der Waals surface area contributed by atoms with Crippen molar-refractivity contribution in [3.05, 3.63) is 36.4 Å². The first-order valence-corrected chi connectivity index (χ1v) is 9.31. The number of amides is 1. The van der Waals surface area contributed by atoms with Gasteiger partial charge in [-0.05, 0) is 31.7 Å². The molecule has 0 aliphatic carbocycles. The summed E-state index contributed by atoms with van der Waals surface area (Å²) >= 11 is 1.38. The van der Waals surface area contributed by atoms with E-state index < -0.39 is 6.43 Å². The molecule has 1 amide bonds. The zero-order chi connectivity index (χ0) is 18.2. The zero-order valence-corrected chi connectivity index (χ0v) is 15.2. The van der Waals surface area contributed by atoms with Crippen LogP contribution in [0.4, 0.5) is 14.5 Å². The van der Waals surface area contributed by atoms with Crippen molar-refractivity contribution in [2.45, 2.75) is 33.1 Å². The van der Waals surface area contributed by atoms with E-state index in [1.165, 1.54) is 11.8 Å². The van der Waals surface area contributed by atoms with Crippen LogP contribution in [0.25, 0.3) is 5.69 Å². The van der Waals surface area contributed by atoms with Gasteiger partial charge in [0, 0.05) is 31.3 Å².